The Balaban J connectivity index is 2.01. The van der Waals surface area contributed by atoms with Crippen molar-refractivity contribution in [2.24, 2.45) is 0 Å². The van der Waals surface area contributed by atoms with Gasteiger partial charge in [-0.25, -0.2) is 4.98 Å². The number of nitrogens with zero attached hydrogens (tertiary/aromatic N) is 2. The number of hydrogen-bond donors (Lipinski definition) is 1. The zero-order valence-electron chi connectivity index (χ0n) is 14.0. The van der Waals surface area contributed by atoms with Crippen LogP contribution in [0.4, 0.5) is 0 Å². The van der Waals surface area contributed by atoms with Gasteiger partial charge in [-0.1, -0.05) is 38.6 Å². The lowest BCUT2D eigenvalue weighted by Crippen LogP contribution is -2.27. The van der Waals surface area contributed by atoms with Gasteiger partial charge in [-0.3, -0.25) is 9.36 Å². The summed E-state index contributed by atoms with van der Waals surface area (Å²) in [6.45, 7) is 7.21. The average molecular weight is 350 g/mol. The van der Waals surface area contributed by atoms with Crippen LogP contribution in [0.25, 0.3) is 5.69 Å². The fourth-order valence-electron chi connectivity index (χ4n) is 2.06. The Bertz CT molecular complexity index is 662. The van der Waals surface area contributed by atoms with Gasteiger partial charge >= 0.3 is 0 Å². The molecule has 1 aromatic carbocycles. The molecule has 0 radical (unpaired) electrons. The van der Waals surface area contributed by atoms with E-state index in [9.17, 15) is 4.79 Å². The van der Waals surface area contributed by atoms with Crippen molar-refractivity contribution < 1.29 is 4.79 Å². The molecule has 4 nitrogen and oxygen atoms in total. The molecule has 124 valence electrons. The molecular formula is C17H23N3OS2. The summed E-state index contributed by atoms with van der Waals surface area (Å²) in [5.41, 5.74) is 1.62. The number of hydrogen-bond acceptors (Lipinski definition) is 4. The predicted octanol–water partition coefficient (Wildman–Crippen LogP) is 3.86. The first-order chi connectivity index (χ1) is 10.9. The molecule has 1 N–H and O–H groups in total. The van der Waals surface area contributed by atoms with Gasteiger partial charge in [-0.2, -0.15) is 11.8 Å². The van der Waals surface area contributed by atoms with Crippen molar-refractivity contribution in [3.8, 4) is 5.69 Å². The van der Waals surface area contributed by atoms with Crippen LogP contribution >= 0.6 is 23.5 Å². The number of imidazole rings is 1. The minimum absolute atomic E-state index is 0.0350. The van der Waals surface area contributed by atoms with E-state index in [1.54, 1.807) is 18.0 Å². The maximum Gasteiger partial charge on any atom is 0.251 e. The molecular weight excluding hydrogens is 326 g/mol. The van der Waals surface area contributed by atoms with Crippen molar-refractivity contribution in [3.63, 3.8) is 0 Å². The predicted molar refractivity (Wildman–Crippen MR) is 99.9 cm³/mol. The largest absolute Gasteiger partial charge is 0.351 e. The van der Waals surface area contributed by atoms with Crippen LogP contribution in [-0.2, 0) is 0 Å². The molecule has 0 aliphatic heterocycles. The van der Waals surface area contributed by atoms with E-state index in [2.05, 4.69) is 31.1 Å². The van der Waals surface area contributed by atoms with Gasteiger partial charge in [0, 0.05) is 40.7 Å². The van der Waals surface area contributed by atoms with E-state index in [1.807, 2.05) is 53.0 Å². The average Bonchev–Trinajstić information content (AvgIpc) is 2.99. The Morgan fingerprint density at radius 3 is 2.83 bits per heavy atom. The summed E-state index contributed by atoms with van der Waals surface area (Å²) in [6, 6.07) is 7.62. The lowest BCUT2D eigenvalue weighted by Gasteiger charge is -2.17. The summed E-state index contributed by atoms with van der Waals surface area (Å²) < 4.78 is 2.21. The van der Waals surface area contributed by atoms with E-state index < -0.39 is 0 Å². The van der Waals surface area contributed by atoms with Crippen molar-refractivity contribution >= 4 is 29.4 Å². The van der Waals surface area contributed by atoms with Crippen molar-refractivity contribution in [1.29, 1.82) is 0 Å². The highest BCUT2D eigenvalue weighted by Crippen LogP contribution is 2.22. The number of benzene rings is 1. The second-order valence-corrected chi connectivity index (χ2v) is 8.75. The molecule has 2 aromatic rings. The van der Waals surface area contributed by atoms with Crippen molar-refractivity contribution in [1.82, 2.24) is 14.9 Å². The van der Waals surface area contributed by atoms with Crippen molar-refractivity contribution in [2.75, 3.05) is 18.6 Å². The first-order valence-electron chi connectivity index (χ1n) is 7.50. The van der Waals surface area contributed by atoms with Gasteiger partial charge in [0.1, 0.15) is 0 Å². The highest BCUT2D eigenvalue weighted by molar-refractivity contribution is 8.00. The maximum absolute atomic E-state index is 12.3. The van der Waals surface area contributed by atoms with Crippen LogP contribution in [0, 0.1) is 0 Å². The normalized spacial score (nSPS) is 11.5. The molecule has 0 unspecified atom stereocenters. The van der Waals surface area contributed by atoms with Crippen LogP contribution in [0.1, 0.15) is 31.1 Å². The van der Waals surface area contributed by atoms with Crippen LogP contribution < -0.4 is 5.32 Å². The molecule has 2 rings (SSSR count). The molecule has 1 aromatic heterocycles. The third kappa shape index (κ3) is 5.32. The zero-order valence-corrected chi connectivity index (χ0v) is 15.6. The molecule has 0 saturated heterocycles. The molecule has 0 saturated carbocycles. The molecule has 0 fully saturated rings. The van der Waals surface area contributed by atoms with E-state index in [1.165, 1.54) is 0 Å². The monoisotopic (exact) mass is 349 g/mol. The molecule has 1 heterocycles. The highest BCUT2D eigenvalue weighted by Gasteiger charge is 2.11. The second-order valence-electron chi connectivity index (χ2n) is 6.05. The Morgan fingerprint density at radius 2 is 2.13 bits per heavy atom. The Labute approximate surface area is 146 Å². The lowest BCUT2D eigenvalue weighted by molar-refractivity contribution is 0.0956. The summed E-state index contributed by atoms with van der Waals surface area (Å²) in [6.07, 6.45) is 5.66. The van der Waals surface area contributed by atoms with Gasteiger partial charge in [0.05, 0.1) is 0 Å². The number of carbonyl (C=O) groups excluding carboxylic acids is 1. The van der Waals surface area contributed by atoms with E-state index >= 15 is 0 Å². The van der Waals surface area contributed by atoms with Crippen molar-refractivity contribution in [2.45, 2.75) is 30.7 Å². The van der Waals surface area contributed by atoms with Crippen molar-refractivity contribution in [3.05, 3.63) is 42.2 Å². The number of carbonyl (C=O) groups is 1. The molecule has 6 heteroatoms. The number of nitrogens with one attached hydrogen (secondary N) is 1. The second kappa shape index (κ2) is 7.93. The number of amides is 1. The fourth-order valence-corrected chi connectivity index (χ4v) is 3.40. The first-order valence-corrected chi connectivity index (χ1v) is 9.72. The smallest absolute Gasteiger partial charge is 0.251 e. The molecule has 0 aliphatic carbocycles. The SMILES string of the molecule is CSc1nccn1-c1cccc(C(=O)NCCSC(C)(C)C)c1. The van der Waals surface area contributed by atoms with Gasteiger partial charge in [-0.15, -0.1) is 0 Å². The van der Waals surface area contributed by atoms with Gasteiger partial charge in [0.2, 0.25) is 0 Å². The third-order valence-electron chi connectivity index (χ3n) is 3.10. The standard InChI is InChI=1S/C17H23N3OS2/c1-17(2,3)23-11-9-18-15(21)13-6-5-7-14(12-13)20-10-8-19-16(20)22-4/h5-8,10,12H,9,11H2,1-4H3,(H,18,21). The minimum Gasteiger partial charge on any atom is -0.351 e. The van der Waals surface area contributed by atoms with Gasteiger partial charge in [-0.05, 0) is 24.5 Å². The Hall–Kier alpha value is -1.40. The van der Waals surface area contributed by atoms with Gasteiger partial charge in [0.15, 0.2) is 5.16 Å². The quantitative estimate of drug-likeness (QED) is 0.635. The summed E-state index contributed by atoms with van der Waals surface area (Å²) in [4.78, 5) is 16.6. The Kier molecular flexibility index (Phi) is 6.18. The number of rotatable bonds is 6. The highest BCUT2D eigenvalue weighted by atomic mass is 32.2. The molecule has 23 heavy (non-hydrogen) atoms. The molecule has 0 atom stereocenters. The summed E-state index contributed by atoms with van der Waals surface area (Å²) in [5.74, 6) is 0.875. The summed E-state index contributed by atoms with van der Waals surface area (Å²) >= 11 is 3.43. The van der Waals surface area contributed by atoms with Crippen LogP contribution in [-0.4, -0.2) is 38.8 Å². The fraction of sp³-hybridized carbons (Fsp3) is 0.412. The van der Waals surface area contributed by atoms with E-state index in [0.29, 0.717) is 12.1 Å². The summed E-state index contributed by atoms with van der Waals surface area (Å²) in [7, 11) is 0. The van der Waals surface area contributed by atoms with E-state index in [-0.39, 0.29) is 10.7 Å². The molecule has 0 aliphatic rings. The van der Waals surface area contributed by atoms with Crippen LogP contribution in [0.5, 0.6) is 0 Å². The van der Waals surface area contributed by atoms with E-state index in [4.69, 9.17) is 0 Å². The van der Waals surface area contributed by atoms with E-state index in [0.717, 1.165) is 16.6 Å². The topological polar surface area (TPSA) is 46.9 Å². The van der Waals surface area contributed by atoms with Gasteiger partial charge in [0.25, 0.3) is 5.91 Å². The molecule has 0 spiro atoms. The third-order valence-corrected chi connectivity index (χ3v) is 5.04. The summed E-state index contributed by atoms with van der Waals surface area (Å²) in [5, 5.41) is 3.89. The molecule has 0 bridgehead atoms. The maximum atomic E-state index is 12.3. The Morgan fingerprint density at radius 1 is 1.35 bits per heavy atom. The zero-order chi connectivity index (χ0) is 16.9. The van der Waals surface area contributed by atoms with Crippen LogP contribution in [0.15, 0.2) is 41.8 Å². The first kappa shape index (κ1) is 17.9. The van der Waals surface area contributed by atoms with Crippen LogP contribution in [0.3, 0.4) is 0 Å². The van der Waals surface area contributed by atoms with Crippen LogP contribution in [0.2, 0.25) is 0 Å². The number of aromatic nitrogens is 2. The minimum atomic E-state index is -0.0350. The van der Waals surface area contributed by atoms with Gasteiger partial charge < -0.3 is 5.32 Å². The number of thioether (sulfide) groups is 2. The lowest BCUT2D eigenvalue weighted by atomic mass is 10.2. The molecule has 1 amide bonds.